The third-order valence-electron chi connectivity index (χ3n) is 7.38. The summed E-state index contributed by atoms with van der Waals surface area (Å²) in [5, 5.41) is 10.4. The molecule has 5 rings (SSSR count). The number of allylic oxidation sites excluding steroid dienone is 4. The molecule has 2 aliphatic carbocycles. The van der Waals surface area contributed by atoms with Crippen molar-refractivity contribution in [3.05, 3.63) is 83.0 Å². The van der Waals surface area contributed by atoms with Crippen molar-refractivity contribution in [2.45, 2.75) is 57.5 Å². The molecule has 0 amide bonds. The normalized spacial score (nSPS) is 17.9. The summed E-state index contributed by atoms with van der Waals surface area (Å²) in [5.41, 5.74) is 4.52. The van der Waals surface area contributed by atoms with Crippen molar-refractivity contribution < 1.29 is 24.2 Å². The van der Waals surface area contributed by atoms with Gasteiger partial charge in [0.05, 0.1) is 15.4 Å². The van der Waals surface area contributed by atoms with Crippen molar-refractivity contribution in [3.63, 3.8) is 0 Å². The first kappa shape index (κ1) is 28.4. The van der Waals surface area contributed by atoms with Crippen molar-refractivity contribution in [2.75, 3.05) is 6.54 Å². The highest BCUT2D eigenvalue weighted by Crippen LogP contribution is 2.50. The lowest BCUT2D eigenvalue weighted by atomic mass is 9.71. The second-order valence-corrected chi connectivity index (χ2v) is 12.4. The van der Waals surface area contributed by atoms with Gasteiger partial charge in [0.15, 0.2) is 11.6 Å². The van der Waals surface area contributed by atoms with Crippen LogP contribution in [0.5, 0.6) is 5.75 Å². The quantitative estimate of drug-likeness (QED) is 0.316. The molecule has 2 aromatic rings. The van der Waals surface area contributed by atoms with Gasteiger partial charge in [-0.3, -0.25) is 14.4 Å². The predicted octanol–water partition coefficient (Wildman–Crippen LogP) is 7.99. The molecule has 0 spiro atoms. The zero-order valence-corrected chi connectivity index (χ0v) is 25.6. The van der Waals surface area contributed by atoms with Crippen LogP contribution in [0.4, 0.5) is 0 Å². The van der Waals surface area contributed by atoms with E-state index in [4.69, 9.17) is 27.9 Å². The molecule has 0 saturated heterocycles. The van der Waals surface area contributed by atoms with Gasteiger partial charge in [-0.25, -0.2) is 0 Å². The summed E-state index contributed by atoms with van der Waals surface area (Å²) in [6.45, 7) is 0.462. The number of hydrogen-bond acceptors (Lipinski definition) is 5. The molecule has 3 aliphatic rings. The zero-order chi connectivity index (χ0) is 27.8. The molecule has 0 saturated carbocycles. The number of ketones is 2. The van der Waals surface area contributed by atoms with E-state index in [0.717, 1.165) is 22.5 Å². The third kappa shape index (κ3) is 5.71. The topological polar surface area (TPSA) is 83.9 Å². The van der Waals surface area contributed by atoms with Crippen LogP contribution in [0.2, 0.25) is 10.0 Å². The molecule has 0 atom stereocenters. The Kier molecular flexibility index (Phi) is 8.57. The first-order valence-electron chi connectivity index (χ1n) is 12.7. The fourth-order valence-corrected chi connectivity index (χ4v) is 7.61. The number of rotatable bonds is 7. The van der Waals surface area contributed by atoms with E-state index in [1.165, 1.54) is 0 Å². The smallest absolute Gasteiger partial charge is 0.305 e. The molecule has 204 valence electrons. The van der Waals surface area contributed by atoms with Gasteiger partial charge in [-0.15, -0.1) is 0 Å². The van der Waals surface area contributed by atoms with E-state index in [0.29, 0.717) is 74.4 Å². The van der Waals surface area contributed by atoms with Crippen LogP contribution in [-0.2, 0) is 21.0 Å². The predicted molar refractivity (Wildman–Crippen MR) is 156 cm³/mol. The Balaban J connectivity index is 1.56. The van der Waals surface area contributed by atoms with Gasteiger partial charge in [-0.2, -0.15) is 0 Å². The Hall–Kier alpha value is -2.13. The van der Waals surface area contributed by atoms with Gasteiger partial charge in [0.1, 0.15) is 12.4 Å². The number of benzene rings is 2. The molecule has 1 N–H and O–H groups in total. The Bertz CT molecular complexity index is 1380. The van der Waals surface area contributed by atoms with Gasteiger partial charge in [-0.1, -0.05) is 29.3 Å². The minimum atomic E-state index is -0.908. The van der Waals surface area contributed by atoms with E-state index in [9.17, 15) is 19.5 Å². The summed E-state index contributed by atoms with van der Waals surface area (Å²) < 4.78 is 7.44. The largest absolute Gasteiger partial charge is 0.486 e. The number of nitrogens with zero attached hydrogens (tertiary/aromatic N) is 1. The summed E-state index contributed by atoms with van der Waals surface area (Å²) in [6.07, 6.45) is 3.51. The van der Waals surface area contributed by atoms with E-state index in [-0.39, 0.29) is 31.1 Å². The van der Waals surface area contributed by atoms with Crippen molar-refractivity contribution in [2.24, 2.45) is 0 Å². The van der Waals surface area contributed by atoms with Crippen LogP contribution >= 0.6 is 55.1 Å². The number of hydrogen-bond donors (Lipinski definition) is 1. The number of carboxylic acid groups (broad SMARTS) is 1. The molecule has 0 radical (unpaired) electrons. The van der Waals surface area contributed by atoms with Gasteiger partial charge < -0.3 is 14.7 Å². The Morgan fingerprint density at radius 2 is 1.54 bits per heavy atom. The van der Waals surface area contributed by atoms with Crippen molar-refractivity contribution in [3.8, 4) is 5.75 Å². The van der Waals surface area contributed by atoms with Crippen LogP contribution in [0.25, 0.3) is 0 Å². The lowest BCUT2D eigenvalue weighted by Crippen LogP contribution is -2.39. The molecule has 0 bridgehead atoms. The average Bonchev–Trinajstić information content (AvgIpc) is 2.87. The molecule has 1 aliphatic heterocycles. The fourth-order valence-electron chi connectivity index (χ4n) is 5.70. The zero-order valence-electron chi connectivity index (χ0n) is 20.9. The highest BCUT2D eigenvalue weighted by Gasteiger charge is 2.43. The summed E-state index contributed by atoms with van der Waals surface area (Å²) in [5.74, 6) is -0.831. The summed E-state index contributed by atoms with van der Waals surface area (Å²) in [7, 11) is 0. The third-order valence-corrected chi connectivity index (χ3v) is 9.14. The molecule has 0 aromatic heterocycles. The maximum Gasteiger partial charge on any atom is 0.305 e. The van der Waals surface area contributed by atoms with Gasteiger partial charge in [0.25, 0.3) is 0 Å². The first-order valence-corrected chi connectivity index (χ1v) is 15.1. The van der Waals surface area contributed by atoms with Crippen molar-refractivity contribution >= 4 is 72.6 Å². The van der Waals surface area contributed by atoms with Crippen molar-refractivity contribution in [1.29, 1.82) is 0 Å². The summed E-state index contributed by atoms with van der Waals surface area (Å²) in [4.78, 5) is 40.2. The number of halogens is 4. The van der Waals surface area contributed by atoms with Crippen LogP contribution < -0.4 is 4.74 Å². The van der Waals surface area contributed by atoms with Crippen LogP contribution in [-0.4, -0.2) is 34.1 Å². The molecule has 0 fully saturated rings. The van der Waals surface area contributed by atoms with E-state index >= 15 is 0 Å². The van der Waals surface area contributed by atoms with Crippen LogP contribution in [0.3, 0.4) is 0 Å². The number of carboxylic acids is 1. The number of ether oxygens (including phenoxy) is 1. The van der Waals surface area contributed by atoms with Crippen LogP contribution in [0, 0.1) is 0 Å². The number of carbonyl (C=O) groups excluding carboxylic acids is 2. The van der Waals surface area contributed by atoms with Gasteiger partial charge in [0, 0.05) is 63.5 Å². The Morgan fingerprint density at radius 1 is 0.949 bits per heavy atom. The summed E-state index contributed by atoms with van der Waals surface area (Å²) >= 11 is 19.6. The minimum Gasteiger partial charge on any atom is -0.486 e. The SMILES string of the molecule is O=C(O)CCN1C2=C(C(=O)CCC2)C(c2cc(Br)c(OCc3ccc(Cl)cc3Cl)c(Br)c2)C2=C1CCCC2=O. The van der Waals surface area contributed by atoms with E-state index in [1.807, 2.05) is 23.1 Å². The second-order valence-electron chi connectivity index (χ2n) is 9.84. The van der Waals surface area contributed by atoms with Gasteiger partial charge in [0.2, 0.25) is 0 Å². The molecule has 2 aromatic carbocycles. The van der Waals surface area contributed by atoms with Crippen LogP contribution in [0.1, 0.15) is 62.0 Å². The number of aliphatic carboxylic acids is 1. The number of carbonyl (C=O) groups is 3. The average molecular weight is 698 g/mol. The van der Waals surface area contributed by atoms with E-state index in [2.05, 4.69) is 31.9 Å². The molecular weight excluding hydrogens is 673 g/mol. The van der Waals surface area contributed by atoms with E-state index in [1.54, 1.807) is 12.1 Å². The molecular formula is C29H25Br2Cl2NO5. The molecule has 0 unspecified atom stereocenters. The van der Waals surface area contributed by atoms with Crippen molar-refractivity contribution in [1.82, 2.24) is 4.90 Å². The Morgan fingerprint density at radius 3 is 2.08 bits per heavy atom. The maximum absolute atomic E-state index is 13.4. The molecule has 10 heteroatoms. The molecule has 39 heavy (non-hydrogen) atoms. The minimum absolute atomic E-state index is 0.0106. The highest BCUT2D eigenvalue weighted by atomic mass is 79.9. The monoisotopic (exact) mass is 695 g/mol. The van der Waals surface area contributed by atoms with Crippen LogP contribution in [0.15, 0.2) is 61.8 Å². The lowest BCUT2D eigenvalue weighted by Gasteiger charge is -2.44. The maximum atomic E-state index is 13.4. The van der Waals surface area contributed by atoms with Gasteiger partial charge >= 0.3 is 5.97 Å². The fraction of sp³-hybridized carbons (Fsp3) is 0.345. The Labute approximate surface area is 253 Å². The molecule has 1 heterocycles. The first-order chi connectivity index (χ1) is 18.7. The summed E-state index contributed by atoms with van der Waals surface area (Å²) in [6, 6.07) is 9.03. The van der Waals surface area contributed by atoms with E-state index < -0.39 is 11.9 Å². The van der Waals surface area contributed by atoms with Gasteiger partial charge in [-0.05, 0) is 87.4 Å². The second kappa shape index (κ2) is 11.8. The molecule has 6 nitrogen and oxygen atoms in total. The number of Topliss-reactive ketones (excluding diaryl/α,β-unsaturated/α-hetero) is 2. The highest BCUT2D eigenvalue weighted by molar-refractivity contribution is 9.11. The lowest BCUT2D eigenvalue weighted by molar-refractivity contribution is -0.137. The standard InChI is InChI=1S/C29H25Br2Cl2NO5/c30-18-11-16(12-19(31)29(18)39-14-15-7-8-17(32)13-20(15)33)26-27-21(3-1-5-23(27)35)34(10-9-25(37)38)22-4-2-6-24(36)28(22)26/h7-8,11-13,26H,1-6,9-10,14H2,(H,37,38).